The van der Waals surface area contributed by atoms with Crippen LogP contribution in [0.5, 0.6) is 0 Å². The third kappa shape index (κ3) is 3.00. The summed E-state index contributed by atoms with van der Waals surface area (Å²) in [5.41, 5.74) is 8.10. The maximum Gasteiger partial charge on any atom is 0.167 e. The monoisotopic (exact) mass is 366 g/mol. The van der Waals surface area contributed by atoms with Crippen molar-refractivity contribution in [3.8, 4) is 6.07 Å². The molecular weight excluding hydrogens is 348 g/mol. The average molecular weight is 366 g/mol. The van der Waals surface area contributed by atoms with E-state index in [1.807, 2.05) is 12.1 Å². The highest BCUT2D eigenvalue weighted by molar-refractivity contribution is 5.81. The molecule has 0 spiro atoms. The second-order valence-corrected chi connectivity index (χ2v) is 6.44. The highest BCUT2D eigenvalue weighted by atomic mass is 16.6. The quantitative estimate of drug-likeness (QED) is 0.607. The first-order chi connectivity index (χ1) is 13.1. The number of imidazole rings is 1. The van der Waals surface area contributed by atoms with Crippen LogP contribution in [0.25, 0.3) is 11.2 Å². The van der Waals surface area contributed by atoms with Crippen molar-refractivity contribution >= 4 is 17.0 Å². The summed E-state index contributed by atoms with van der Waals surface area (Å²) in [5.74, 6) is 0.233. The van der Waals surface area contributed by atoms with Gasteiger partial charge in [0.2, 0.25) is 0 Å². The predicted octanol–water partition coefficient (Wildman–Crippen LogP) is 0.532. The lowest BCUT2D eigenvalue weighted by atomic mass is 9.99. The van der Waals surface area contributed by atoms with Crippen LogP contribution in [0.2, 0.25) is 0 Å². The molecule has 0 radical (unpaired) electrons. The summed E-state index contributed by atoms with van der Waals surface area (Å²) in [6.07, 6.45) is 0.134. The van der Waals surface area contributed by atoms with E-state index >= 15 is 0 Å². The normalized spacial score (nSPS) is 24.9. The van der Waals surface area contributed by atoms with E-state index in [0.717, 1.165) is 5.56 Å². The van der Waals surface area contributed by atoms with Crippen LogP contribution >= 0.6 is 0 Å². The van der Waals surface area contributed by atoms with Crippen molar-refractivity contribution in [3.05, 3.63) is 48.0 Å². The molecule has 4 N–H and O–H groups in total. The molecule has 9 nitrogen and oxygen atoms in total. The number of rotatable bonds is 4. The maximum absolute atomic E-state index is 10.5. The van der Waals surface area contributed by atoms with Gasteiger partial charge in [0, 0.05) is 0 Å². The maximum atomic E-state index is 10.5. The number of nitrogen functional groups attached to an aromatic ring is 1. The van der Waals surface area contributed by atoms with Gasteiger partial charge in [-0.1, -0.05) is 18.2 Å². The number of aromatic nitrogens is 4. The predicted molar refractivity (Wildman–Crippen MR) is 95.1 cm³/mol. The van der Waals surface area contributed by atoms with Crippen molar-refractivity contribution in [1.82, 2.24) is 19.5 Å². The molecule has 1 fully saturated rings. The van der Waals surface area contributed by atoms with Crippen LogP contribution in [0.15, 0.2) is 36.9 Å². The van der Waals surface area contributed by atoms with Gasteiger partial charge < -0.3 is 20.7 Å². The van der Waals surface area contributed by atoms with E-state index in [-0.39, 0.29) is 5.82 Å². The fraction of sp³-hybridized carbons (Fsp3) is 0.333. The SMILES string of the molecule is N#Cc1ccccc1CC[C@H]1O[C@@H](n2cnc3c(N)ncnc32)[C@H](O)[C@@H]1O. The molecule has 1 aliphatic heterocycles. The first-order valence-corrected chi connectivity index (χ1v) is 8.52. The number of aryl methyl sites for hydroxylation is 1. The van der Waals surface area contributed by atoms with Gasteiger partial charge in [0.1, 0.15) is 24.1 Å². The molecule has 0 saturated carbocycles. The molecule has 1 saturated heterocycles. The molecule has 1 aromatic carbocycles. The summed E-state index contributed by atoms with van der Waals surface area (Å²) in [6, 6.07) is 9.45. The van der Waals surface area contributed by atoms with Gasteiger partial charge in [-0.15, -0.1) is 0 Å². The van der Waals surface area contributed by atoms with Crippen LogP contribution < -0.4 is 5.73 Å². The van der Waals surface area contributed by atoms with Gasteiger partial charge in [0.05, 0.1) is 24.1 Å². The summed E-state index contributed by atoms with van der Waals surface area (Å²) < 4.78 is 7.46. The van der Waals surface area contributed by atoms with E-state index in [1.165, 1.54) is 12.7 Å². The smallest absolute Gasteiger partial charge is 0.167 e. The second-order valence-electron chi connectivity index (χ2n) is 6.44. The van der Waals surface area contributed by atoms with Gasteiger partial charge >= 0.3 is 0 Å². The van der Waals surface area contributed by atoms with Crippen LogP contribution in [0, 0.1) is 11.3 Å². The van der Waals surface area contributed by atoms with Gasteiger partial charge in [0.15, 0.2) is 17.7 Å². The Bertz CT molecular complexity index is 1010. The number of ether oxygens (including phenoxy) is 1. The van der Waals surface area contributed by atoms with Crippen molar-refractivity contribution in [1.29, 1.82) is 5.26 Å². The van der Waals surface area contributed by atoms with E-state index in [2.05, 4.69) is 21.0 Å². The van der Waals surface area contributed by atoms with Crippen molar-refractivity contribution in [2.75, 3.05) is 5.73 Å². The Morgan fingerprint density at radius 1 is 1.19 bits per heavy atom. The lowest BCUT2D eigenvalue weighted by Crippen LogP contribution is -2.31. The Morgan fingerprint density at radius 2 is 2.00 bits per heavy atom. The number of aliphatic hydroxyl groups is 2. The number of hydrogen-bond donors (Lipinski definition) is 3. The minimum absolute atomic E-state index is 0.233. The highest BCUT2D eigenvalue weighted by Gasteiger charge is 2.44. The zero-order valence-electron chi connectivity index (χ0n) is 14.3. The molecular formula is C18H18N6O3. The van der Waals surface area contributed by atoms with Gasteiger partial charge in [-0.3, -0.25) is 4.57 Å². The number of anilines is 1. The average Bonchev–Trinajstić information content (AvgIpc) is 3.23. The Hall–Kier alpha value is -3.06. The first kappa shape index (κ1) is 17.4. The molecule has 9 heteroatoms. The van der Waals surface area contributed by atoms with Gasteiger partial charge in [-0.25, -0.2) is 15.0 Å². The van der Waals surface area contributed by atoms with E-state index in [1.54, 1.807) is 16.7 Å². The van der Waals surface area contributed by atoms with Gasteiger partial charge in [-0.2, -0.15) is 5.26 Å². The van der Waals surface area contributed by atoms with Crippen molar-refractivity contribution in [2.45, 2.75) is 37.4 Å². The molecule has 4 rings (SSSR count). The third-order valence-corrected chi connectivity index (χ3v) is 4.83. The molecule has 4 atom stereocenters. The van der Waals surface area contributed by atoms with E-state index in [0.29, 0.717) is 29.6 Å². The summed E-state index contributed by atoms with van der Waals surface area (Å²) in [4.78, 5) is 12.2. The number of benzene rings is 1. The molecule has 2 aromatic heterocycles. The van der Waals surface area contributed by atoms with E-state index in [9.17, 15) is 15.5 Å². The number of nitriles is 1. The molecule has 0 aliphatic carbocycles. The summed E-state index contributed by atoms with van der Waals surface area (Å²) in [7, 11) is 0. The molecule has 1 aliphatic rings. The minimum atomic E-state index is -1.14. The molecule has 3 heterocycles. The second kappa shape index (κ2) is 6.92. The number of nitrogens with zero attached hydrogens (tertiary/aromatic N) is 5. The summed E-state index contributed by atoms with van der Waals surface area (Å²) in [6.45, 7) is 0. The Morgan fingerprint density at radius 3 is 2.81 bits per heavy atom. The Balaban J connectivity index is 1.54. The van der Waals surface area contributed by atoms with E-state index in [4.69, 9.17) is 10.5 Å². The van der Waals surface area contributed by atoms with E-state index < -0.39 is 24.5 Å². The molecule has 27 heavy (non-hydrogen) atoms. The largest absolute Gasteiger partial charge is 0.388 e. The molecule has 138 valence electrons. The third-order valence-electron chi connectivity index (χ3n) is 4.83. The van der Waals surface area contributed by atoms with Gasteiger partial charge in [0.25, 0.3) is 0 Å². The van der Waals surface area contributed by atoms with Gasteiger partial charge in [-0.05, 0) is 24.5 Å². The summed E-state index contributed by atoms with van der Waals surface area (Å²) in [5, 5.41) is 30.1. The fourth-order valence-electron chi connectivity index (χ4n) is 3.40. The van der Waals surface area contributed by atoms with Crippen LogP contribution in [-0.4, -0.2) is 48.0 Å². The Kier molecular flexibility index (Phi) is 4.45. The molecule has 0 unspecified atom stereocenters. The summed E-state index contributed by atoms with van der Waals surface area (Å²) >= 11 is 0. The van der Waals surface area contributed by atoms with Crippen LogP contribution in [0.4, 0.5) is 5.82 Å². The topological polar surface area (TPSA) is 143 Å². The lowest BCUT2D eigenvalue weighted by Gasteiger charge is -2.16. The minimum Gasteiger partial charge on any atom is -0.388 e. The van der Waals surface area contributed by atoms with Crippen LogP contribution in [0.1, 0.15) is 23.8 Å². The van der Waals surface area contributed by atoms with Crippen LogP contribution in [0.3, 0.4) is 0 Å². The number of hydrogen-bond acceptors (Lipinski definition) is 8. The van der Waals surface area contributed by atoms with Crippen LogP contribution in [-0.2, 0) is 11.2 Å². The van der Waals surface area contributed by atoms with Crippen molar-refractivity contribution < 1.29 is 14.9 Å². The van der Waals surface area contributed by atoms with Crippen molar-refractivity contribution in [3.63, 3.8) is 0 Å². The zero-order valence-corrected chi connectivity index (χ0v) is 14.3. The number of fused-ring (bicyclic) bond motifs is 1. The highest BCUT2D eigenvalue weighted by Crippen LogP contribution is 2.33. The first-order valence-electron chi connectivity index (χ1n) is 8.52. The molecule has 0 amide bonds. The Labute approximate surface area is 154 Å². The van der Waals surface area contributed by atoms with Crippen molar-refractivity contribution in [2.24, 2.45) is 0 Å². The zero-order chi connectivity index (χ0) is 19.0. The standard InChI is InChI=1S/C18H18N6O3/c19-7-11-4-2-1-3-10(11)5-6-12-14(25)15(26)18(27-12)24-9-23-13-16(20)21-8-22-17(13)24/h1-4,8-9,12,14-15,18,25-26H,5-6H2,(H2,20,21,22)/t12-,14-,15-,18-/m1/s1. The lowest BCUT2D eigenvalue weighted by molar-refractivity contribution is -0.0367. The fourth-order valence-corrected chi connectivity index (χ4v) is 3.40. The molecule has 3 aromatic rings. The number of aliphatic hydroxyl groups excluding tert-OH is 2. The number of nitrogens with two attached hydrogens (primary N) is 1. The molecule has 0 bridgehead atoms.